The summed E-state index contributed by atoms with van der Waals surface area (Å²) in [6.45, 7) is 0. The molecule has 1 aliphatic carbocycles. The second kappa shape index (κ2) is 3.83. The van der Waals surface area contributed by atoms with Crippen molar-refractivity contribution in [2.24, 2.45) is 5.92 Å². The molecule has 1 aromatic carbocycles. The normalized spacial score (nSPS) is 17.6. The number of nitrogens with zero attached hydrogens (tertiary/aromatic N) is 2. The highest BCUT2D eigenvalue weighted by atomic mass is 14.9. The maximum absolute atomic E-state index is 4.46. The molecule has 82 valence electrons. The van der Waals surface area contributed by atoms with Gasteiger partial charge in [-0.1, -0.05) is 12.1 Å². The van der Waals surface area contributed by atoms with Crippen molar-refractivity contribution < 1.29 is 0 Å². The quantitative estimate of drug-likeness (QED) is 0.850. The molecule has 0 saturated heterocycles. The summed E-state index contributed by atoms with van der Waals surface area (Å²) in [4.78, 5) is 8.81. The molecule has 1 atom stereocenters. The first-order chi connectivity index (χ1) is 7.90. The SMILES string of the molecule is CNC(c1cccc2nccnc12)C1CC1. The summed E-state index contributed by atoms with van der Waals surface area (Å²) in [5.74, 6) is 0.776. The van der Waals surface area contributed by atoms with Crippen LogP contribution in [0, 0.1) is 5.92 Å². The molecule has 1 fully saturated rings. The van der Waals surface area contributed by atoms with Crippen LogP contribution in [-0.4, -0.2) is 17.0 Å². The Hall–Kier alpha value is -1.48. The number of fused-ring (bicyclic) bond motifs is 1. The summed E-state index contributed by atoms with van der Waals surface area (Å²) >= 11 is 0. The molecule has 1 N–H and O–H groups in total. The van der Waals surface area contributed by atoms with Crippen LogP contribution in [-0.2, 0) is 0 Å². The van der Waals surface area contributed by atoms with Crippen LogP contribution in [0.3, 0.4) is 0 Å². The number of nitrogens with one attached hydrogen (secondary N) is 1. The molecule has 0 aliphatic heterocycles. The van der Waals surface area contributed by atoms with Crippen molar-refractivity contribution in [3.8, 4) is 0 Å². The molecule has 1 aliphatic rings. The highest BCUT2D eigenvalue weighted by Gasteiger charge is 2.32. The fourth-order valence-electron chi connectivity index (χ4n) is 2.34. The van der Waals surface area contributed by atoms with Gasteiger partial charge in [0.1, 0.15) is 0 Å². The van der Waals surface area contributed by atoms with Crippen molar-refractivity contribution in [3.05, 3.63) is 36.2 Å². The second-order valence-corrected chi connectivity index (χ2v) is 4.38. The Bertz CT molecular complexity index is 500. The van der Waals surface area contributed by atoms with Crippen molar-refractivity contribution in [1.29, 1.82) is 0 Å². The van der Waals surface area contributed by atoms with Gasteiger partial charge in [-0.15, -0.1) is 0 Å². The minimum atomic E-state index is 0.431. The zero-order chi connectivity index (χ0) is 11.0. The summed E-state index contributed by atoms with van der Waals surface area (Å²) in [6, 6.07) is 6.68. The molecule has 1 unspecified atom stereocenters. The smallest absolute Gasteiger partial charge is 0.0934 e. The Morgan fingerprint density at radius 1 is 1.25 bits per heavy atom. The van der Waals surface area contributed by atoms with Gasteiger partial charge in [0, 0.05) is 18.4 Å². The van der Waals surface area contributed by atoms with E-state index in [9.17, 15) is 0 Å². The van der Waals surface area contributed by atoms with Crippen LogP contribution in [0.25, 0.3) is 11.0 Å². The van der Waals surface area contributed by atoms with Gasteiger partial charge in [0.2, 0.25) is 0 Å². The van der Waals surface area contributed by atoms with Crippen LogP contribution in [0.4, 0.5) is 0 Å². The van der Waals surface area contributed by atoms with Gasteiger partial charge >= 0.3 is 0 Å². The second-order valence-electron chi connectivity index (χ2n) is 4.38. The molecule has 0 bridgehead atoms. The fourth-order valence-corrected chi connectivity index (χ4v) is 2.34. The Kier molecular flexibility index (Phi) is 2.33. The van der Waals surface area contributed by atoms with E-state index in [1.165, 1.54) is 18.4 Å². The van der Waals surface area contributed by atoms with Crippen molar-refractivity contribution >= 4 is 11.0 Å². The van der Waals surface area contributed by atoms with Crippen LogP contribution in [0.1, 0.15) is 24.4 Å². The van der Waals surface area contributed by atoms with Crippen molar-refractivity contribution in [3.63, 3.8) is 0 Å². The van der Waals surface area contributed by atoms with Gasteiger partial charge in [-0.25, -0.2) is 0 Å². The maximum Gasteiger partial charge on any atom is 0.0934 e. The van der Waals surface area contributed by atoms with Crippen LogP contribution in [0.2, 0.25) is 0 Å². The first-order valence-electron chi connectivity index (χ1n) is 5.77. The van der Waals surface area contributed by atoms with Crippen LogP contribution < -0.4 is 5.32 Å². The number of hydrogen-bond acceptors (Lipinski definition) is 3. The van der Waals surface area contributed by atoms with E-state index in [-0.39, 0.29) is 0 Å². The molecule has 3 heteroatoms. The summed E-state index contributed by atoms with van der Waals surface area (Å²) < 4.78 is 0. The Morgan fingerprint density at radius 2 is 2.06 bits per heavy atom. The van der Waals surface area contributed by atoms with Crippen molar-refractivity contribution in [2.45, 2.75) is 18.9 Å². The molecular formula is C13H15N3. The number of para-hydroxylation sites is 1. The first-order valence-corrected chi connectivity index (χ1v) is 5.77. The lowest BCUT2D eigenvalue weighted by Crippen LogP contribution is -2.18. The highest BCUT2D eigenvalue weighted by Crippen LogP contribution is 2.41. The van der Waals surface area contributed by atoms with E-state index in [0.29, 0.717) is 6.04 Å². The van der Waals surface area contributed by atoms with Crippen molar-refractivity contribution in [2.75, 3.05) is 7.05 Å². The van der Waals surface area contributed by atoms with E-state index in [4.69, 9.17) is 0 Å². The predicted molar refractivity (Wildman–Crippen MR) is 64.1 cm³/mol. The van der Waals surface area contributed by atoms with E-state index in [1.807, 2.05) is 13.1 Å². The van der Waals surface area contributed by atoms with Crippen LogP contribution in [0.5, 0.6) is 0 Å². The van der Waals surface area contributed by atoms with Crippen molar-refractivity contribution in [1.82, 2.24) is 15.3 Å². The average molecular weight is 213 g/mol. The molecule has 2 aromatic rings. The van der Waals surface area contributed by atoms with E-state index < -0.39 is 0 Å². The maximum atomic E-state index is 4.46. The zero-order valence-corrected chi connectivity index (χ0v) is 9.35. The van der Waals surface area contributed by atoms with E-state index >= 15 is 0 Å². The molecule has 1 saturated carbocycles. The standard InChI is InChI=1S/C13H15N3/c1-14-12(9-5-6-9)10-3-2-4-11-13(10)16-8-7-15-11/h2-4,7-9,12,14H,5-6H2,1H3. The first kappa shape index (κ1) is 9.73. The molecule has 16 heavy (non-hydrogen) atoms. The predicted octanol–water partition coefficient (Wildman–Crippen LogP) is 2.30. The number of rotatable bonds is 3. The van der Waals surface area contributed by atoms with Gasteiger partial charge in [-0.05, 0) is 37.4 Å². The molecule has 1 aromatic heterocycles. The molecule has 3 nitrogen and oxygen atoms in total. The zero-order valence-electron chi connectivity index (χ0n) is 9.35. The molecular weight excluding hydrogens is 198 g/mol. The Morgan fingerprint density at radius 3 is 2.81 bits per heavy atom. The Balaban J connectivity index is 2.14. The van der Waals surface area contributed by atoms with Gasteiger partial charge in [0.05, 0.1) is 11.0 Å². The third-order valence-corrected chi connectivity index (χ3v) is 3.27. The molecule has 0 amide bonds. The minimum Gasteiger partial charge on any atom is -0.313 e. The number of hydrogen-bond donors (Lipinski definition) is 1. The summed E-state index contributed by atoms with van der Waals surface area (Å²) in [7, 11) is 2.03. The van der Waals surface area contributed by atoms with Gasteiger partial charge in [0.25, 0.3) is 0 Å². The van der Waals surface area contributed by atoms with Gasteiger partial charge in [-0.2, -0.15) is 0 Å². The van der Waals surface area contributed by atoms with Gasteiger partial charge in [0.15, 0.2) is 0 Å². The minimum absolute atomic E-state index is 0.431. The lowest BCUT2D eigenvalue weighted by molar-refractivity contribution is 0.531. The summed E-state index contributed by atoms with van der Waals surface area (Å²) in [5, 5.41) is 3.40. The Labute approximate surface area is 94.9 Å². The molecule has 1 heterocycles. The molecule has 3 rings (SSSR count). The summed E-state index contributed by atoms with van der Waals surface area (Å²) in [5.41, 5.74) is 3.31. The lowest BCUT2D eigenvalue weighted by atomic mass is 10.0. The third-order valence-electron chi connectivity index (χ3n) is 3.27. The topological polar surface area (TPSA) is 37.8 Å². The third kappa shape index (κ3) is 1.57. The van der Waals surface area contributed by atoms with E-state index in [1.54, 1.807) is 12.4 Å². The van der Waals surface area contributed by atoms with Crippen LogP contribution in [0.15, 0.2) is 30.6 Å². The van der Waals surface area contributed by atoms with E-state index in [0.717, 1.165) is 17.0 Å². The van der Waals surface area contributed by atoms with Crippen LogP contribution >= 0.6 is 0 Å². The molecule has 0 spiro atoms. The number of benzene rings is 1. The lowest BCUT2D eigenvalue weighted by Gasteiger charge is -2.16. The summed E-state index contributed by atoms with van der Waals surface area (Å²) in [6.07, 6.45) is 6.16. The van der Waals surface area contributed by atoms with Gasteiger partial charge < -0.3 is 5.32 Å². The van der Waals surface area contributed by atoms with Gasteiger partial charge in [-0.3, -0.25) is 9.97 Å². The monoisotopic (exact) mass is 213 g/mol. The highest BCUT2D eigenvalue weighted by molar-refractivity contribution is 5.78. The number of aromatic nitrogens is 2. The average Bonchev–Trinajstić information content (AvgIpc) is 3.15. The fraction of sp³-hybridized carbons (Fsp3) is 0.385. The molecule has 0 radical (unpaired) electrons. The largest absolute Gasteiger partial charge is 0.313 e. The van der Waals surface area contributed by atoms with E-state index in [2.05, 4.69) is 27.4 Å².